The number of fused-ring (bicyclic) bond motifs is 1. The first-order valence-corrected chi connectivity index (χ1v) is 11.3. The zero-order valence-corrected chi connectivity index (χ0v) is 19.3. The number of nitrogens with zero attached hydrogens (tertiary/aromatic N) is 4. The average molecular weight is 427 g/mol. The first-order chi connectivity index (χ1) is 14.4. The number of imidazole rings is 1. The number of aryl methyl sites for hydroxylation is 1. The Bertz CT molecular complexity index is 1040. The van der Waals surface area contributed by atoms with Crippen LogP contribution < -0.4 is 9.64 Å². The number of ether oxygens (including phenoxy) is 1. The highest BCUT2D eigenvalue weighted by atomic mass is 35.5. The second kappa shape index (κ2) is 8.46. The molecule has 0 saturated heterocycles. The predicted octanol–water partition coefficient (Wildman–Crippen LogP) is 5.88. The summed E-state index contributed by atoms with van der Waals surface area (Å²) in [4.78, 5) is 12.3. The number of benzene rings is 1. The van der Waals surface area contributed by atoms with Crippen molar-refractivity contribution in [2.24, 2.45) is 11.8 Å². The fraction of sp³-hybridized carbons (Fsp3) is 0.500. The van der Waals surface area contributed by atoms with Gasteiger partial charge in [0.25, 0.3) is 0 Å². The maximum absolute atomic E-state index is 6.59. The van der Waals surface area contributed by atoms with Crippen LogP contribution in [0, 0.1) is 11.8 Å². The van der Waals surface area contributed by atoms with Crippen LogP contribution in [-0.2, 0) is 6.42 Å². The third kappa shape index (κ3) is 3.87. The SMILES string of the molecule is CCc1nc2c(-c3ccc(OC)cc3Cl)nccn2c1N(CC(C)C)C(C)C1CC1. The monoisotopic (exact) mass is 426 g/mol. The number of aromatic nitrogens is 3. The van der Waals surface area contributed by atoms with Gasteiger partial charge < -0.3 is 9.64 Å². The molecule has 0 spiro atoms. The van der Waals surface area contributed by atoms with Crippen molar-refractivity contribution in [2.45, 2.75) is 53.0 Å². The number of hydrogen-bond donors (Lipinski definition) is 0. The quantitative estimate of drug-likeness (QED) is 0.451. The summed E-state index contributed by atoms with van der Waals surface area (Å²) >= 11 is 6.59. The van der Waals surface area contributed by atoms with Gasteiger partial charge in [-0.3, -0.25) is 9.38 Å². The summed E-state index contributed by atoms with van der Waals surface area (Å²) in [6.45, 7) is 10.1. The van der Waals surface area contributed by atoms with Gasteiger partial charge in [-0.25, -0.2) is 4.98 Å². The van der Waals surface area contributed by atoms with Crippen LogP contribution in [0.1, 0.15) is 46.2 Å². The van der Waals surface area contributed by atoms with Crippen LogP contribution in [0.15, 0.2) is 30.6 Å². The molecule has 1 aliphatic rings. The Hall–Kier alpha value is -2.27. The minimum absolute atomic E-state index is 0.499. The lowest BCUT2D eigenvalue weighted by molar-refractivity contribution is 0.415. The van der Waals surface area contributed by atoms with Crippen LogP contribution in [0.3, 0.4) is 0 Å². The van der Waals surface area contributed by atoms with Gasteiger partial charge >= 0.3 is 0 Å². The highest BCUT2D eigenvalue weighted by Gasteiger charge is 2.34. The largest absolute Gasteiger partial charge is 0.497 e. The number of hydrogen-bond acceptors (Lipinski definition) is 4. The number of methoxy groups -OCH3 is 1. The van der Waals surface area contributed by atoms with Crippen molar-refractivity contribution in [3.05, 3.63) is 41.3 Å². The van der Waals surface area contributed by atoms with Gasteiger partial charge in [0.05, 0.1) is 17.8 Å². The molecule has 0 aliphatic heterocycles. The Balaban J connectivity index is 1.88. The molecule has 3 aromatic rings. The molecular formula is C24H31ClN4O. The van der Waals surface area contributed by atoms with Crippen molar-refractivity contribution in [3.8, 4) is 17.0 Å². The molecular weight excluding hydrogens is 396 g/mol. The summed E-state index contributed by atoms with van der Waals surface area (Å²) in [5.74, 6) is 3.28. The lowest BCUT2D eigenvalue weighted by Crippen LogP contribution is -2.39. The lowest BCUT2D eigenvalue weighted by atomic mass is 10.1. The molecule has 30 heavy (non-hydrogen) atoms. The summed E-state index contributed by atoms with van der Waals surface area (Å²) in [6, 6.07) is 6.20. The van der Waals surface area contributed by atoms with Crippen molar-refractivity contribution in [3.63, 3.8) is 0 Å². The molecule has 1 unspecified atom stereocenters. The molecule has 1 aromatic carbocycles. The summed E-state index contributed by atoms with van der Waals surface area (Å²) in [5.41, 5.74) is 3.64. The van der Waals surface area contributed by atoms with Gasteiger partial charge in [-0.05, 0) is 56.2 Å². The lowest BCUT2D eigenvalue weighted by Gasteiger charge is -2.33. The minimum Gasteiger partial charge on any atom is -0.497 e. The molecule has 1 aliphatic carbocycles. The zero-order chi connectivity index (χ0) is 21.4. The molecule has 0 radical (unpaired) electrons. The Labute approximate surface area is 184 Å². The van der Waals surface area contributed by atoms with Crippen LogP contribution in [0.25, 0.3) is 16.9 Å². The molecule has 1 saturated carbocycles. The number of rotatable bonds is 8. The maximum atomic E-state index is 6.59. The number of anilines is 1. The highest BCUT2D eigenvalue weighted by molar-refractivity contribution is 6.33. The van der Waals surface area contributed by atoms with Crippen LogP contribution in [0.5, 0.6) is 5.75 Å². The highest BCUT2D eigenvalue weighted by Crippen LogP contribution is 2.39. The minimum atomic E-state index is 0.499. The summed E-state index contributed by atoms with van der Waals surface area (Å²) in [5, 5.41) is 0.614. The van der Waals surface area contributed by atoms with E-state index in [9.17, 15) is 0 Å². The maximum Gasteiger partial charge on any atom is 0.165 e. The van der Waals surface area contributed by atoms with Crippen molar-refractivity contribution in [2.75, 3.05) is 18.6 Å². The van der Waals surface area contributed by atoms with E-state index in [4.69, 9.17) is 21.3 Å². The first-order valence-electron chi connectivity index (χ1n) is 10.9. The summed E-state index contributed by atoms with van der Waals surface area (Å²) < 4.78 is 7.52. The molecule has 0 amide bonds. The topological polar surface area (TPSA) is 42.7 Å². The van der Waals surface area contributed by atoms with Crippen molar-refractivity contribution in [1.29, 1.82) is 0 Å². The Morgan fingerprint density at radius 2 is 2.03 bits per heavy atom. The van der Waals surface area contributed by atoms with Gasteiger partial charge in [0, 0.05) is 30.5 Å². The van der Waals surface area contributed by atoms with E-state index in [-0.39, 0.29) is 0 Å². The van der Waals surface area contributed by atoms with E-state index < -0.39 is 0 Å². The molecule has 4 rings (SSSR count). The summed E-state index contributed by atoms with van der Waals surface area (Å²) in [6.07, 6.45) is 7.40. The zero-order valence-electron chi connectivity index (χ0n) is 18.5. The second-order valence-electron chi connectivity index (χ2n) is 8.68. The molecule has 1 fully saturated rings. The molecule has 0 N–H and O–H groups in total. The van der Waals surface area contributed by atoms with Gasteiger partial charge in [0.15, 0.2) is 5.65 Å². The smallest absolute Gasteiger partial charge is 0.165 e. The third-order valence-electron chi connectivity index (χ3n) is 5.98. The van der Waals surface area contributed by atoms with E-state index in [0.717, 1.165) is 47.2 Å². The van der Waals surface area contributed by atoms with Gasteiger partial charge in [-0.2, -0.15) is 0 Å². The predicted molar refractivity (Wildman–Crippen MR) is 124 cm³/mol. The molecule has 2 heterocycles. The van der Waals surface area contributed by atoms with E-state index in [0.29, 0.717) is 17.0 Å². The molecule has 160 valence electrons. The van der Waals surface area contributed by atoms with E-state index in [1.165, 1.54) is 18.7 Å². The van der Waals surface area contributed by atoms with Crippen molar-refractivity contribution >= 4 is 23.1 Å². The Morgan fingerprint density at radius 1 is 1.27 bits per heavy atom. The molecule has 5 nitrogen and oxygen atoms in total. The van der Waals surface area contributed by atoms with Gasteiger partial charge in [0.2, 0.25) is 0 Å². The molecule has 6 heteroatoms. The Morgan fingerprint density at radius 3 is 2.63 bits per heavy atom. The van der Waals surface area contributed by atoms with E-state index >= 15 is 0 Å². The fourth-order valence-corrected chi connectivity index (χ4v) is 4.49. The van der Waals surface area contributed by atoms with Crippen LogP contribution >= 0.6 is 11.6 Å². The Kier molecular flexibility index (Phi) is 5.92. The van der Waals surface area contributed by atoms with Crippen LogP contribution in [0.4, 0.5) is 5.82 Å². The average Bonchev–Trinajstić information content (AvgIpc) is 3.51. The standard InChI is InChI=1S/C24H31ClN4O/c1-6-21-24(29(14-15(2)3)16(4)17-7-8-17)28-12-11-26-22(23(28)27-21)19-10-9-18(30-5)13-20(19)25/h9-13,15-17H,6-8,14H2,1-5H3. The molecule has 2 aromatic heterocycles. The summed E-state index contributed by atoms with van der Waals surface area (Å²) in [7, 11) is 1.64. The van der Waals surface area contributed by atoms with Gasteiger partial charge in [0.1, 0.15) is 17.3 Å². The van der Waals surface area contributed by atoms with E-state index in [1.807, 2.05) is 30.6 Å². The van der Waals surface area contributed by atoms with E-state index in [1.54, 1.807) is 7.11 Å². The third-order valence-corrected chi connectivity index (χ3v) is 6.30. The van der Waals surface area contributed by atoms with Crippen LogP contribution in [0.2, 0.25) is 5.02 Å². The van der Waals surface area contributed by atoms with Gasteiger partial charge in [-0.1, -0.05) is 32.4 Å². The van der Waals surface area contributed by atoms with E-state index in [2.05, 4.69) is 42.0 Å². The second-order valence-corrected chi connectivity index (χ2v) is 9.08. The van der Waals surface area contributed by atoms with Crippen molar-refractivity contribution in [1.82, 2.24) is 14.4 Å². The number of halogens is 1. The first kappa shape index (κ1) is 21.0. The normalized spacial score (nSPS) is 15.0. The van der Waals surface area contributed by atoms with Crippen LogP contribution in [-0.4, -0.2) is 34.1 Å². The molecule has 0 bridgehead atoms. The molecule has 1 atom stereocenters. The van der Waals surface area contributed by atoms with Gasteiger partial charge in [-0.15, -0.1) is 0 Å². The van der Waals surface area contributed by atoms with Crippen molar-refractivity contribution < 1.29 is 4.74 Å². The fourth-order valence-electron chi connectivity index (χ4n) is 4.23.